The van der Waals surface area contributed by atoms with Gasteiger partial charge in [-0.25, -0.2) is 41.8 Å². The van der Waals surface area contributed by atoms with E-state index in [1.807, 2.05) is 48.5 Å². The van der Waals surface area contributed by atoms with E-state index in [1.165, 1.54) is 36.4 Å². The Balaban J connectivity index is 0.00000196. The SMILES string of the molecule is O=S(=O)([O-])c1ccc2c3[nH]c(c2c1)N=C1N=C(N=c2[nH]c(c4cc(S(=O)(=O)[O-])ccc24)=NC2N=C(N3)c3ccccc32)c2ccccc21.[Na+].[Na+]. The minimum absolute atomic E-state index is 0. The van der Waals surface area contributed by atoms with Gasteiger partial charge in [0.15, 0.2) is 17.8 Å². The summed E-state index contributed by atoms with van der Waals surface area (Å²) in [7, 11) is -9.55. The van der Waals surface area contributed by atoms with Crippen LogP contribution in [-0.4, -0.2) is 53.4 Å². The molecule has 0 amide bonds. The quantitative estimate of drug-likeness (QED) is 0.125. The number of aromatic amines is 2. The summed E-state index contributed by atoms with van der Waals surface area (Å²) in [5.74, 6) is 1.66. The molecule has 1 unspecified atom stereocenters. The average Bonchev–Trinajstić information content (AvgIpc) is 3.79. The maximum Gasteiger partial charge on any atom is 1.00 e. The summed E-state index contributed by atoms with van der Waals surface area (Å²) in [5, 5.41) is 5.06. The third kappa shape index (κ3) is 5.71. The molecular weight excluding hydrogens is 703 g/mol. The van der Waals surface area contributed by atoms with Crippen LogP contribution in [0.2, 0.25) is 0 Å². The van der Waals surface area contributed by atoms with Gasteiger partial charge >= 0.3 is 59.1 Å². The normalized spacial score (nSPS) is 16.0. The number of aromatic nitrogens is 2. The molecule has 6 aromatic rings. The van der Waals surface area contributed by atoms with Gasteiger partial charge in [-0.2, -0.15) is 0 Å². The second-order valence-corrected chi connectivity index (χ2v) is 14.0. The van der Waals surface area contributed by atoms with Crippen molar-refractivity contribution in [1.82, 2.24) is 9.97 Å². The number of aliphatic imine (C=N–C) groups is 3. The summed E-state index contributed by atoms with van der Waals surface area (Å²) >= 11 is 0. The van der Waals surface area contributed by atoms with E-state index in [1.54, 1.807) is 0 Å². The van der Waals surface area contributed by atoms with Crippen molar-refractivity contribution < 1.29 is 85.1 Å². The fourth-order valence-corrected chi connectivity index (χ4v) is 7.16. The number of anilines is 1. The molecule has 4 aromatic carbocycles. The van der Waals surface area contributed by atoms with E-state index in [4.69, 9.17) is 25.0 Å². The Morgan fingerprint density at radius 3 is 1.86 bits per heavy atom. The van der Waals surface area contributed by atoms with Gasteiger partial charge in [0.1, 0.15) is 48.7 Å². The predicted molar refractivity (Wildman–Crippen MR) is 173 cm³/mol. The van der Waals surface area contributed by atoms with Gasteiger partial charge in [-0.15, -0.1) is 0 Å². The van der Waals surface area contributed by atoms with Crippen LogP contribution < -0.4 is 75.4 Å². The molecule has 14 nitrogen and oxygen atoms in total. The Kier molecular flexibility index (Phi) is 8.62. The fourth-order valence-electron chi connectivity index (χ4n) is 6.16. The van der Waals surface area contributed by atoms with Crippen molar-refractivity contribution in [1.29, 1.82) is 0 Å². The molecule has 0 spiro atoms. The van der Waals surface area contributed by atoms with E-state index in [0.717, 1.165) is 11.1 Å². The summed E-state index contributed by atoms with van der Waals surface area (Å²) < 4.78 is 71.9. The molecule has 0 radical (unpaired) electrons. The van der Waals surface area contributed by atoms with E-state index in [9.17, 15) is 25.9 Å². The van der Waals surface area contributed by atoms with Crippen LogP contribution in [0, 0.1) is 0 Å². The molecule has 236 valence electrons. The van der Waals surface area contributed by atoms with Crippen LogP contribution in [-0.2, 0) is 20.2 Å². The molecule has 2 aromatic heterocycles. The molecule has 0 saturated carbocycles. The van der Waals surface area contributed by atoms with Crippen LogP contribution in [0.3, 0.4) is 0 Å². The van der Waals surface area contributed by atoms with E-state index >= 15 is 0 Å². The zero-order chi connectivity index (χ0) is 32.9. The van der Waals surface area contributed by atoms with Gasteiger partial charge in [0, 0.05) is 43.8 Å². The Labute approximate surface area is 327 Å². The molecule has 5 heterocycles. The first-order chi connectivity index (χ1) is 23.0. The number of benzene rings is 4. The van der Waals surface area contributed by atoms with Crippen molar-refractivity contribution in [3.63, 3.8) is 0 Å². The van der Waals surface area contributed by atoms with Crippen LogP contribution in [0.4, 0.5) is 11.6 Å². The number of nitrogens with zero attached hydrogens (tertiary/aromatic N) is 5. The zero-order valence-corrected chi connectivity index (χ0v) is 31.8. The third-order valence-corrected chi connectivity index (χ3v) is 10.0. The van der Waals surface area contributed by atoms with E-state index in [-0.39, 0.29) is 82.1 Å². The van der Waals surface area contributed by atoms with Gasteiger partial charge in [0.25, 0.3) is 0 Å². The number of amidine groups is 3. The molecule has 1 atom stereocenters. The Morgan fingerprint density at radius 2 is 1.18 bits per heavy atom. The van der Waals surface area contributed by atoms with Gasteiger partial charge < -0.3 is 24.4 Å². The summed E-state index contributed by atoms with van der Waals surface area (Å²) in [4.78, 5) is 29.7. The maximum absolute atomic E-state index is 12.0. The molecule has 18 heteroatoms. The minimum atomic E-state index is -4.78. The summed E-state index contributed by atoms with van der Waals surface area (Å²) in [6.45, 7) is 0. The standard InChI is InChI=1S/C32H20N8O6S2.2Na/c41-47(42,43)15-9-11-21-23(13-15)32-38-28-20-8-4-2-6-18(20)26(34-28)36-30-22-12-10-16(48(44,45)46)14-24(22)31(40-30)37-27-19-7-3-1-5-17(19)25(33-27)35-29(21)39-32;;/h1-14,27,39H,(H,33,35)(H,41,42,43)(H,44,45,46)(H,34,36,37,38,40);;/q;2*+1/p-2. The van der Waals surface area contributed by atoms with Crippen LogP contribution in [0.15, 0.2) is 120 Å². The number of hydrogen-bond donors (Lipinski definition) is 3. The number of rotatable bonds is 2. The summed E-state index contributed by atoms with van der Waals surface area (Å²) in [6, 6.07) is 22.7. The van der Waals surface area contributed by atoms with Crippen molar-refractivity contribution in [3.8, 4) is 0 Å². The number of fused-ring (bicyclic) bond motifs is 18. The molecule has 0 fully saturated rings. The smallest absolute Gasteiger partial charge is 0.744 e. The zero-order valence-electron chi connectivity index (χ0n) is 26.2. The van der Waals surface area contributed by atoms with Gasteiger partial charge in [-0.1, -0.05) is 48.5 Å². The monoisotopic (exact) mass is 720 g/mol. The molecule has 3 N–H and O–H groups in total. The van der Waals surface area contributed by atoms with Crippen LogP contribution >= 0.6 is 0 Å². The van der Waals surface area contributed by atoms with Gasteiger partial charge in [0.2, 0.25) is 0 Å². The molecule has 0 aliphatic carbocycles. The van der Waals surface area contributed by atoms with Gasteiger partial charge in [0.05, 0.1) is 9.79 Å². The van der Waals surface area contributed by atoms with Gasteiger partial charge in [-0.3, -0.25) is 0 Å². The minimum Gasteiger partial charge on any atom is -0.744 e. The van der Waals surface area contributed by atoms with E-state index in [2.05, 4.69) is 15.3 Å². The molecule has 3 aliphatic heterocycles. The largest absolute Gasteiger partial charge is 1.00 e. The van der Waals surface area contributed by atoms with Gasteiger partial charge in [-0.05, 0) is 36.4 Å². The molecule has 3 aliphatic rings. The molecule has 50 heavy (non-hydrogen) atoms. The number of nitrogens with one attached hydrogen (secondary N) is 3. The average molecular weight is 721 g/mol. The number of hydrogen-bond acceptors (Lipinski definition) is 12. The van der Waals surface area contributed by atoms with Crippen molar-refractivity contribution in [2.24, 2.45) is 25.0 Å². The summed E-state index contributed by atoms with van der Waals surface area (Å²) in [6.07, 6.45) is -0.786. The Morgan fingerprint density at radius 1 is 0.580 bits per heavy atom. The predicted octanol–water partition coefficient (Wildman–Crippen LogP) is -2.87. The van der Waals surface area contributed by atoms with Crippen LogP contribution in [0.1, 0.15) is 28.4 Å². The first-order valence-corrected chi connectivity index (χ1v) is 17.2. The van der Waals surface area contributed by atoms with E-state index < -0.39 is 36.2 Å². The first kappa shape index (κ1) is 34.6. The van der Waals surface area contributed by atoms with Crippen molar-refractivity contribution in [2.75, 3.05) is 5.32 Å². The number of H-pyrrole nitrogens is 2. The van der Waals surface area contributed by atoms with Crippen LogP contribution in [0.25, 0.3) is 21.5 Å². The second-order valence-electron chi connectivity index (χ2n) is 11.2. The van der Waals surface area contributed by atoms with Crippen molar-refractivity contribution >= 4 is 70.9 Å². The maximum atomic E-state index is 12.0. The molecule has 9 rings (SSSR count). The van der Waals surface area contributed by atoms with Crippen molar-refractivity contribution in [3.05, 3.63) is 118 Å². The Hall–Kier alpha value is -3.81. The molecular formula is C32H18N8Na2O6S2. The van der Waals surface area contributed by atoms with Crippen molar-refractivity contribution in [2.45, 2.75) is 16.0 Å². The fraction of sp³-hybridized carbons (Fsp3) is 0.0312. The second kappa shape index (κ2) is 12.4. The van der Waals surface area contributed by atoms with E-state index in [0.29, 0.717) is 49.8 Å². The third-order valence-electron chi connectivity index (χ3n) is 8.37. The summed E-state index contributed by atoms with van der Waals surface area (Å²) in [5.41, 5.74) is 3.33. The van der Waals surface area contributed by atoms with Crippen LogP contribution in [0.5, 0.6) is 0 Å². The first-order valence-electron chi connectivity index (χ1n) is 14.4. The Bertz CT molecular complexity index is 2900. The topological polar surface area (TPSA) is 220 Å². The molecule has 0 saturated heterocycles. The molecule has 8 bridgehead atoms.